The lowest BCUT2D eigenvalue weighted by molar-refractivity contribution is -0.486. The highest BCUT2D eigenvalue weighted by atomic mass is 16.6. The van der Waals surface area contributed by atoms with Gasteiger partial charge < -0.3 is 9.15 Å². The summed E-state index contributed by atoms with van der Waals surface area (Å²) in [6, 6.07) is 2.95. The molecular formula is C16H20N2O7. The number of hydrogen-bond acceptors (Lipinski definition) is 7. The molecule has 0 radical (unpaired) electrons. The van der Waals surface area contributed by atoms with Gasteiger partial charge >= 0.3 is 5.97 Å². The van der Waals surface area contributed by atoms with Gasteiger partial charge in [-0.25, -0.2) is 0 Å². The molecule has 1 aromatic heterocycles. The van der Waals surface area contributed by atoms with Crippen molar-refractivity contribution in [3.05, 3.63) is 34.3 Å². The number of hydrogen-bond donors (Lipinski definition) is 0. The van der Waals surface area contributed by atoms with Gasteiger partial charge in [-0.3, -0.25) is 29.4 Å². The minimum Gasteiger partial charge on any atom is -0.469 e. The van der Waals surface area contributed by atoms with E-state index in [9.17, 15) is 24.5 Å². The molecule has 1 aliphatic heterocycles. The molecule has 25 heavy (non-hydrogen) atoms. The number of unbranched alkanes of at least 4 members (excludes halogenated alkanes) is 1. The van der Waals surface area contributed by atoms with E-state index < -0.39 is 47.0 Å². The molecule has 9 nitrogen and oxygen atoms in total. The smallest absolute Gasteiger partial charge is 0.322 e. The van der Waals surface area contributed by atoms with Crippen molar-refractivity contribution in [1.29, 1.82) is 0 Å². The molecule has 2 amide bonds. The van der Waals surface area contributed by atoms with Crippen LogP contribution in [0.15, 0.2) is 22.8 Å². The maximum absolute atomic E-state index is 13.0. The summed E-state index contributed by atoms with van der Waals surface area (Å²) in [5.41, 5.74) is -1.98. The summed E-state index contributed by atoms with van der Waals surface area (Å²) in [7, 11) is 1.09. The first-order valence-electron chi connectivity index (χ1n) is 7.96. The van der Waals surface area contributed by atoms with Gasteiger partial charge in [0.2, 0.25) is 18.4 Å². The molecule has 1 aliphatic rings. The molecule has 0 spiro atoms. The van der Waals surface area contributed by atoms with Crippen molar-refractivity contribution in [2.24, 2.45) is 5.41 Å². The van der Waals surface area contributed by atoms with E-state index >= 15 is 0 Å². The van der Waals surface area contributed by atoms with Crippen LogP contribution in [0.3, 0.4) is 0 Å². The van der Waals surface area contributed by atoms with Gasteiger partial charge in [0.25, 0.3) is 0 Å². The molecule has 0 bridgehead atoms. The minimum atomic E-state index is -1.98. The first-order valence-corrected chi connectivity index (χ1v) is 7.96. The molecule has 1 aromatic rings. The van der Waals surface area contributed by atoms with E-state index in [0.29, 0.717) is 6.42 Å². The first kappa shape index (κ1) is 18.6. The topological polar surface area (TPSA) is 120 Å². The Morgan fingerprint density at radius 1 is 1.52 bits per heavy atom. The van der Waals surface area contributed by atoms with Gasteiger partial charge in [-0.15, -0.1) is 0 Å². The number of ether oxygens (including phenoxy) is 1. The zero-order valence-electron chi connectivity index (χ0n) is 14.1. The quantitative estimate of drug-likeness (QED) is 0.228. The Balaban J connectivity index is 2.53. The summed E-state index contributed by atoms with van der Waals surface area (Å²) in [6.45, 7) is 1.33. The lowest BCUT2D eigenvalue weighted by Gasteiger charge is -2.29. The fourth-order valence-corrected chi connectivity index (χ4v) is 3.19. The van der Waals surface area contributed by atoms with Crippen LogP contribution in [0.1, 0.15) is 37.9 Å². The summed E-state index contributed by atoms with van der Waals surface area (Å²) >= 11 is 0. The number of carbonyl (C=O) groups is 3. The summed E-state index contributed by atoms with van der Waals surface area (Å²) in [5, 5.41) is 11.2. The maximum atomic E-state index is 13.0. The van der Waals surface area contributed by atoms with E-state index in [1.54, 1.807) is 0 Å². The van der Waals surface area contributed by atoms with E-state index in [1.165, 1.54) is 18.4 Å². The van der Waals surface area contributed by atoms with Gasteiger partial charge in [-0.1, -0.05) is 13.3 Å². The number of rotatable bonds is 8. The average Bonchev–Trinajstić information content (AvgIpc) is 3.18. The van der Waals surface area contributed by atoms with E-state index in [2.05, 4.69) is 0 Å². The summed E-state index contributed by atoms with van der Waals surface area (Å²) in [4.78, 5) is 49.4. The molecule has 0 N–H and O–H groups in total. The van der Waals surface area contributed by atoms with Crippen LogP contribution in [0.25, 0.3) is 0 Å². The van der Waals surface area contributed by atoms with Gasteiger partial charge in [0.05, 0.1) is 19.8 Å². The minimum absolute atomic E-state index is 0.0978. The second-order valence-corrected chi connectivity index (χ2v) is 5.93. The van der Waals surface area contributed by atoms with Gasteiger partial charge in [0.1, 0.15) is 11.7 Å². The van der Waals surface area contributed by atoms with Crippen molar-refractivity contribution in [2.75, 3.05) is 20.2 Å². The van der Waals surface area contributed by atoms with Crippen molar-refractivity contribution < 1.29 is 28.5 Å². The van der Waals surface area contributed by atoms with E-state index in [4.69, 9.17) is 9.15 Å². The molecule has 0 aromatic carbocycles. The maximum Gasteiger partial charge on any atom is 0.322 e. The molecule has 2 heterocycles. The lowest BCUT2D eigenvalue weighted by atomic mass is 9.72. The number of likely N-dealkylation sites (tertiary alicyclic amines) is 1. The van der Waals surface area contributed by atoms with Crippen molar-refractivity contribution in [2.45, 2.75) is 32.1 Å². The fourth-order valence-electron chi connectivity index (χ4n) is 3.19. The largest absolute Gasteiger partial charge is 0.469 e. The molecule has 2 rings (SSSR count). The Kier molecular flexibility index (Phi) is 5.55. The monoisotopic (exact) mass is 352 g/mol. The zero-order valence-corrected chi connectivity index (χ0v) is 14.1. The second kappa shape index (κ2) is 7.45. The van der Waals surface area contributed by atoms with Crippen LogP contribution >= 0.6 is 0 Å². The number of esters is 1. The number of amides is 2. The Morgan fingerprint density at radius 3 is 2.76 bits per heavy atom. The van der Waals surface area contributed by atoms with Crippen LogP contribution in [0.4, 0.5) is 0 Å². The Hall–Kier alpha value is -2.71. The third-order valence-electron chi connectivity index (χ3n) is 4.46. The highest BCUT2D eigenvalue weighted by Gasteiger charge is 2.64. The van der Waals surface area contributed by atoms with Crippen LogP contribution in [-0.2, 0) is 19.1 Å². The summed E-state index contributed by atoms with van der Waals surface area (Å²) < 4.78 is 10.0. The van der Waals surface area contributed by atoms with Crippen molar-refractivity contribution in [3.8, 4) is 0 Å². The molecule has 0 saturated carbocycles. The fraction of sp³-hybridized carbons (Fsp3) is 0.562. The number of nitrogens with zero attached hydrogens (tertiary/aromatic N) is 2. The summed E-state index contributed by atoms with van der Waals surface area (Å²) in [6.07, 6.45) is 2.15. The first-order chi connectivity index (χ1) is 11.9. The standard InChI is InChI=1S/C16H20N2O7/c1-3-4-7-17-13(19)9-16(14(17)20,15(21)24-2)11(10-18(22)23)12-6-5-8-25-12/h5-6,8,11H,3-4,7,9-10H2,1-2H3/t11-,16+/m0/s1. The number of nitro groups is 1. The van der Waals surface area contributed by atoms with Gasteiger partial charge in [-0.05, 0) is 18.6 Å². The van der Waals surface area contributed by atoms with Crippen LogP contribution in [0, 0.1) is 15.5 Å². The van der Waals surface area contributed by atoms with Crippen molar-refractivity contribution in [1.82, 2.24) is 4.90 Å². The van der Waals surface area contributed by atoms with Crippen LogP contribution in [0.5, 0.6) is 0 Å². The molecular weight excluding hydrogens is 332 g/mol. The molecule has 0 aliphatic carbocycles. The van der Waals surface area contributed by atoms with Gasteiger partial charge in [0, 0.05) is 11.5 Å². The molecule has 2 atom stereocenters. The third kappa shape index (κ3) is 3.26. The summed E-state index contributed by atoms with van der Waals surface area (Å²) in [5.74, 6) is -3.40. The highest BCUT2D eigenvalue weighted by molar-refractivity contribution is 6.16. The third-order valence-corrected chi connectivity index (χ3v) is 4.46. The zero-order chi connectivity index (χ0) is 18.6. The van der Waals surface area contributed by atoms with Crippen LogP contribution in [-0.4, -0.2) is 47.8 Å². The predicted octanol–water partition coefficient (Wildman–Crippen LogP) is 1.36. The number of imide groups is 1. The number of furan rings is 1. The normalized spacial score (nSPS) is 21.4. The molecule has 1 fully saturated rings. The second-order valence-electron chi connectivity index (χ2n) is 5.93. The van der Waals surface area contributed by atoms with Crippen LogP contribution < -0.4 is 0 Å². The average molecular weight is 352 g/mol. The van der Waals surface area contributed by atoms with Crippen molar-refractivity contribution in [3.63, 3.8) is 0 Å². The van der Waals surface area contributed by atoms with Crippen LogP contribution in [0.2, 0.25) is 0 Å². The Labute approximate surface area is 144 Å². The Bertz CT molecular complexity index is 670. The van der Waals surface area contributed by atoms with Crippen molar-refractivity contribution >= 4 is 17.8 Å². The molecule has 1 saturated heterocycles. The SMILES string of the molecule is CCCCN1C(=O)C[C@@](C(=O)OC)([C@@H](C[N+](=O)[O-])c2ccco2)C1=O. The van der Waals surface area contributed by atoms with E-state index in [1.807, 2.05) is 6.92 Å². The molecule has 9 heteroatoms. The number of methoxy groups -OCH3 is 1. The van der Waals surface area contributed by atoms with E-state index in [0.717, 1.165) is 18.4 Å². The highest BCUT2D eigenvalue weighted by Crippen LogP contribution is 2.46. The predicted molar refractivity (Wildman–Crippen MR) is 84.0 cm³/mol. The van der Waals surface area contributed by atoms with E-state index in [-0.39, 0.29) is 12.3 Å². The van der Waals surface area contributed by atoms with Gasteiger partial charge in [-0.2, -0.15) is 0 Å². The molecule has 136 valence electrons. The lowest BCUT2D eigenvalue weighted by Crippen LogP contribution is -2.47. The Morgan fingerprint density at radius 2 is 2.24 bits per heavy atom. The number of carbonyl (C=O) groups excluding carboxylic acids is 3. The molecule has 0 unspecified atom stereocenters. The van der Waals surface area contributed by atoms with Gasteiger partial charge in [0.15, 0.2) is 5.41 Å².